The summed E-state index contributed by atoms with van der Waals surface area (Å²) >= 11 is 0. The van der Waals surface area contributed by atoms with Gasteiger partial charge in [0.2, 0.25) is 5.79 Å². The maximum Gasteiger partial charge on any atom is 0.201 e. The SMILES string of the molecule is Fc1cc(-c2cn([C@H]3[C@@H](OCc4ccccc4)[C@@H](COCc4ccccc4)O[C@@]4(CC=CCO4)[C@@H]3OCc3ccccc3)nn2)cc(F)c1F. The first-order valence-corrected chi connectivity index (χ1v) is 16.5. The molecule has 258 valence electrons. The van der Waals surface area contributed by atoms with E-state index < -0.39 is 47.6 Å². The van der Waals surface area contributed by atoms with E-state index in [-0.39, 0.29) is 37.7 Å². The zero-order chi connectivity index (χ0) is 34.3. The van der Waals surface area contributed by atoms with E-state index in [1.807, 2.05) is 103 Å². The van der Waals surface area contributed by atoms with E-state index in [4.69, 9.17) is 23.7 Å². The standard InChI is InChI=1S/C39H36F3N3O5/c40-31-20-30(21-32(41)35(31)42)33-22-45(44-43-33)36-37(47-24-28-14-6-2-7-15-28)34(26-46-23-27-12-4-1-5-13-27)50-39(18-10-11-19-49-39)38(36)48-25-29-16-8-3-9-17-29/h1-17,20-22,34,36-38H,18-19,23-26H2/t34-,36+,37+,38-,39+/m1/s1. The van der Waals surface area contributed by atoms with Crippen LogP contribution in [0.5, 0.6) is 0 Å². The van der Waals surface area contributed by atoms with Gasteiger partial charge in [-0.1, -0.05) is 108 Å². The van der Waals surface area contributed by atoms with Gasteiger partial charge in [0.25, 0.3) is 0 Å². The monoisotopic (exact) mass is 683 g/mol. The van der Waals surface area contributed by atoms with E-state index >= 15 is 0 Å². The molecule has 1 aromatic heterocycles. The maximum atomic E-state index is 14.3. The largest absolute Gasteiger partial charge is 0.374 e. The van der Waals surface area contributed by atoms with Crippen molar-refractivity contribution >= 4 is 0 Å². The van der Waals surface area contributed by atoms with E-state index in [9.17, 15) is 13.2 Å². The first-order chi connectivity index (χ1) is 24.5. The molecule has 11 heteroatoms. The molecule has 0 saturated carbocycles. The van der Waals surface area contributed by atoms with Crippen molar-refractivity contribution in [2.24, 2.45) is 0 Å². The lowest BCUT2D eigenvalue weighted by Crippen LogP contribution is -2.65. The Balaban J connectivity index is 1.29. The molecule has 4 aromatic carbocycles. The molecule has 50 heavy (non-hydrogen) atoms. The molecule has 1 saturated heterocycles. The number of halogens is 3. The molecule has 0 bridgehead atoms. The fourth-order valence-corrected chi connectivity index (χ4v) is 6.39. The number of ether oxygens (including phenoxy) is 5. The van der Waals surface area contributed by atoms with Gasteiger partial charge < -0.3 is 23.7 Å². The number of hydrogen-bond donors (Lipinski definition) is 0. The molecule has 0 radical (unpaired) electrons. The Bertz CT molecular complexity index is 1860. The summed E-state index contributed by atoms with van der Waals surface area (Å²) in [5.41, 5.74) is 3.02. The van der Waals surface area contributed by atoms with Crippen LogP contribution in [-0.2, 0) is 43.5 Å². The fraction of sp³-hybridized carbons (Fsp3) is 0.282. The second-order valence-corrected chi connectivity index (χ2v) is 12.3. The molecule has 1 fully saturated rings. The highest BCUT2D eigenvalue weighted by Gasteiger charge is 2.58. The first-order valence-electron chi connectivity index (χ1n) is 16.5. The fourth-order valence-electron chi connectivity index (χ4n) is 6.39. The van der Waals surface area contributed by atoms with Crippen molar-refractivity contribution < 1.29 is 36.9 Å². The van der Waals surface area contributed by atoms with Gasteiger partial charge in [-0.2, -0.15) is 0 Å². The highest BCUT2D eigenvalue weighted by Crippen LogP contribution is 2.45. The number of nitrogens with zero attached hydrogens (tertiary/aromatic N) is 3. The van der Waals surface area contributed by atoms with Crippen molar-refractivity contribution in [2.75, 3.05) is 13.2 Å². The van der Waals surface area contributed by atoms with Crippen molar-refractivity contribution in [1.29, 1.82) is 0 Å². The molecular weight excluding hydrogens is 647 g/mol. The van der Waals surface area contributed by atoms with Gasteiger partial charge in [-0.05, 0) is 28.8 Å². The summed E-state index contributed by atoms with van der Waals surface area (Å²) in [6.07, 6.45) is 3.60. The molecule has 2 aliphatic heterocycles. The quantitative estimate of drug-likeness (QED) is 0.101. The average Bonchev–Trinajstić information content (AvgIpc) is 3.64. The smallest absolute Gasteiger partial charge is 0.201 e. The van der Waals surface area contributed by atoms with Crippen LogP contribution < -0.4 is 0 Å². The number of rotatable bonds is 12. The molecule has 5 atom stereocenters. The molecular formula is C39H36F3N3O5. The minimum absolute atomic E-state index is 0.0255. The zero-order valence-corrected chi connectivity index (χ0v) is 27.1. The first kappa shape index (κ1) is 33.8. The van der Waals surface area contributed by atoms with Gasteiger partial charge in [0.15, 0.2) is 17.5 Å². The Labute approximate surface area is 288 Å². The van der Waals surface area contributed by atoms with Gasteiger partial charge in [0.1, 0.15) is 30.0 Å². The van der Waals surface area contributed by atoms with Crippen LogP contribution in [0.1, 0.15) is 29.2 Å². The maximum absolute atomic E-state index is 14.3. The summed E-state index contributed by atoms with van der Waals surface area (Å²) < 4.78 is 77.1. The van der Waals surface area contributed by atoms with Crippen molar-refractivity contribution in [3.8, 4) is 11.3 Å². The predicted molar refractivity (Wildman–Crippen MR) is 178 cm³/mol. The van der Waals surface area contributed by atoms with Gasteiger partial charge in [0.05, 0.1) is 39.2 Å². The molecule has 0 N–H and O–H groups in total. The van der Waals surface area contributed by atoms with Crippen molar-refractivity contribution in [3.63, 3.8) is 0 Å². The van der Waals surface area contributed by atoms with Crippen LogP contribution >= 0.6 is 0 Å². The summed E-state index contributed by atoms with van der Waals surface area (Å²) in [7, 11) is 0. The molecule has 5 aromatic rings. The minimum atomic E-state index is -1.56. The molecule has 2 aliphatic rings. The van der Waals surface area contributed by atoms with Crippen LogP contribution in [-0.4, -0.2) is 52.3 Å². The molecule has 7 rings (SSSR count). The summed E-state index contributed by atoms with van der Waals surface area (Å²) in [4.78, 5) is 0. The summed E-state index contributed by atoms with van der Waals surface area (Å²) in [6.45, 7) is 1.21. The highest BCUT2D eigenvalue weighted by molar-refractivity contribution is 5.58. The molecule has 0 aliphatic carbocycles. The van der Waals surface area contributed by atoms with Gasteiger partial charge in [-0.25, -0.2) is 17.9 Å². The third-order valence-corrected chi connectivity index (χ3v) is 8.84. The Hall–Kier alpha value is -4.65. The van der Waals surface area contributed by atoms with E-state index in [0.29, 0.717) is 13.0 Å². The van der Waals surface area contributed by atoms with Gasteiger partial charge in [-0.3, -0.25) is 0 Å². The lowest BCUT2D eigenvalue weighted by molar-refractivity contribution is -0.367. The Morgan fingerprint density at radius 2 is 1.36 bits per heavy atom. The minimum Gasteiger partial charge on any atom is -0.374 e. The van der Waals surface area contributed by atoms with Gasteiger partial charge >= 0.3 is 0 Å². The molecule has 8 nitrogen and oxygen atoms in total. The van der Waals surface area contributed by atoms with Crippen molar-refractivity contribution in [2.45, 2.75) is 56.4 Å². The normalized spacial score (nSPS) is 23.3. The van der Waals surface area contributed by atoms with Crippen LogP contribution in [0.3, 0.4) is 0 Å². The van der Waals surface area contributed by atoms with E-state index in [1.54, 1.807) is 10.9 Å². The average molecular weight is 684 g/mol. The highest BCUT2D eigenvalue weighted by atomic mass is 19.2. The lowest BCUT2D eigenvalue weighted by atomic mass is 9.87. The van der Waals surface area contributed by atoms with Crippen LogP contribution in [0.4, 0.5) is 13.2 Å². The number of benzene rings is 4. The second kappa shape index (κ2) is 15.5. The van der Waals surface area contributed by atoms with E-state index in [2.05, 4.69) is 10.3 Å². The second-order valence-electron chi connectivity index (χ2n) is 12.3. The molecule has 1 spiro atoms. The topological polar surface area (TPSA) is 76.9 Å². The van der Waals surface area contributed by atoms with Crippen LogP contribution in [0.25, 0.3) is 11.3 Å². The zero-order valence-electron chi connectivity index (χ0n) is 27.1. The number of aromatic nitrogens is 3. The lowest BCUT2D eigenvalue weighted by Gasteiger charge is -2.52. The van der Waals surface area contributed by atoms with E-state index in [1.165, 1.54) is 0 Å². The molecule has 3 heterocycles. The van der Waals surface area contributed by atoms with Crippen LogP contribution in [0, 0.1) is 17.5 Å². The van der Waals surface area contributed by atoms with Crippen molar-refractivity contribution in [3.05, 3.63) is 156 Å². The molecule has 0 unspecified atom stereocenters. The third-order valence-electron chi connectivity index (χ3n) is 8.84. The Kier molecular flexibility index (Phi) is 10.5. The van der Waals surface area contributed by atoms with Crippen LogP contribution in [0.15, 0.2) is 121 Å². The predicted octanol–water partition coefficient (Wildman–Crippen LogP) is 7.36. The Morgan fingerprint density at radius 1 is 0.760 bits per heavy atom. The number of hydrogen-bond acceptors (Lipinski definition) is 7. The summed E-state index contributed by atoms with van der Waals surface area (Å²) in [5.74, 6) is -5.49. The Morgan fingerprint density at radius 3 is 1.96 bits per heavy atom. The third kappa shape index (κ3) is 7.57. The molecule has 0 amide bonds. The summed E-state index contributed by atoms with van der Waals surface area (Å²) in [5, 5.41) is 8.71. The van der Waals surface area contributed by atoms with Crippen molar-refractivity contribution in [1.82, 2.24) is 15.0 Å². The van der Waals surface area contributed by atoms with Crippen LogP contribution in [0.2, 0.25) is 0 Å². The summed E-state index contributed by atoms with van der Waals surface area (Å²) in [6, 6.07) is 30.3. The van der Waals surface area contributed by atoms with Gasteiger partial charge in [0, 0.05) is 12.0 Å². The van der Waals surface area contributed by atoms with Gasteiger partial charge in [-0.15, -0.1) is 5.10 Å². The van der Waals surface area contributed by atoms with E-state index in [0.717, 1.165) is 28.8 Å².